The standard InChI is InChI=1S/C14H22N2O4S/c1-12-11-16(8-10-19-12)21(17,18)14-5-3-13(4-6-14)20-9-2-7-15/h3-6,12H,2,7-11,15H2,1H3. The van der Waals surface area contributed by atoms with Gasteiger partial charge < -0.3 is 15.2 Å². The lowest BCUT2D eigenvalue weighted by atomic mass is 10.3. The summed E-state index contributed by atoms with van der Waals surface area (Å²) in [4.78, 5) is 0.280. The van der Waals surface area contributed by atoms with Crippen molar-refractivity contribution in [3.05, 3.63) is 24.3 Å². The molecule has 1 aromatic carbocycles. The zero-order valence-electron chi connectivity index (χ0n) is 12.2. The van der Waals surface area contributed by atoms with Crippen LogP contribution in [0.25, 0.3) is 0 Å². The molecule has 0 bridgehead atoms. The number of benzene rings is 1. The molecule has 1 atom stereocenters. The van der Waals surface area contributed by atoms with E-state index < -0.39 is 10.0 Å². The maximum atomic E-state index is 12.5. The molecule has 0 amide bonds. The first-order chi connectivity index (χ1) is 10.0. The Morgan fingerprint density at radius 2 is 2.10 bits per heavy atom. The van der Waals surface area contributed by atoms with Crippen molar-refractivity contribution >= 4 is 10.0 Å². The third-order valence-electron chi connectivity index (χ3n) is 3.28. The third-order valence-corrected chi connectivity index (χ3v) is 5.16. The van der Waals surface area contributed by atoms with Crippen molar-refractivity contribution in [2.75, 3.05) is 32.8 Å². The molecule has 21 heavy (non-hydrogen) atoms. The van der Waals surface area contributed by atoms with Gasteiger partial charge in [-0.05, 0) is 44.2 Å². The minimum atomic E-state index is -3.46. The zero-order chi connectivity index (χ0) is 15.3. The van der Waals surface area contributed by atoms with Gasteiger partial charge in [-0.2, -0.15) is 4.31 Å². The summed E-state index contributed by atoms with van der Waals surface area (Å²) in [5.41, 5.74) is 5.39. The van der Waals surface area contributed by atoms with Crippen molar-refractivity contribution in [2.24, 2.45) is 5.73 Å². The van der Waals surface area contributed by atoms with E-state index in [0.717, 1.165) is 6.42 Å². The maximum Gasteiger partial charge on any atom is 0.243 e. The molecule has 1 aromatic rings. The fourth-order valence-electron chi connectivity index (χ4n) is 2.14. The van der Waals surface area contributed by atoms with E-state index >= 15 is 0 Å². The Balaban J connectivity index is 2.06. The second-order valence-corrected chi connectivity index (χ2v) is 6.94. The summed E-state index contributed by atoms with van der Waals surface area (Å²) in [6.07, 6.45) is 0.693. The normalized spacial score (nSPS) is 20.4. The van der Waals surface area contributed by atoms with Crippen LogP contribution in [0.3, 0.4) is 0 Å². The first kappa shape index (κ1) is 16.2. The van der Waals surface area contributed by atoms with E-state index in [2.05, 4.69) is 0 Å². The Bertz CT molecular complexity index is 545. The predicted molar refractivity (Wildman–Crippen MR) is 79.8 cm³/mol. The van der Waals surface area contributed by atoms with Crippen LogP contribution in [0.15, 0.2) is 29.2 Å². The van der Waals surface area contributed by atoms with E-state index in [9.17, 15) is 8.42 Å². The third kappa shape index (κ3) is 4.16. The number of morpholine rings is 1. The molecule has 2 rings (SSSR count). The SMILES string of the molecule is CC1CN(S(=O)(=O)c2ccc(OCCCN)cc2)CCO1. The highest BCUT2D eigenvalue weighted by Crippen LogP contribution is 2.21. The van der Waals surface area contributed by atoms with Crippen LogP contribution in [0.5, 0.6) is 5.75 Å². The zero-order valence-corrected chi connectivity index (χ0v) is 13.0. The van der Waals surface area contributed by atoms with Gasteiger partial charge in [0.25, 0.3) is 0 Å². The van der Waals surface area contributed by atoms with Crippen molar-refractivity contribution in [2.45, 2.75) is 24.3 Å². The number of ether oxygens (including phenoxy) is 2. The highest BCUT2D eigenvalue weighted by Gasteiger charge is 2.28. The summed E-state index contributed by atoms with van der Waals surface area (Å²) in [5.74, 6) is 0.651. The molecule has 1 aliphatic heterocycles. The smallest absolute Gasteiger partial charge is 0.243 e. The highest BCUT2D eigenvalue weighted by molar-refractivity contribution is 7.89. The fourth-order valence-corrected chi connectivity index (χ4v) is 3.63. The van der Waals surface area contributed by atoms with Gasteiger partial charge in [0.2, 0.25) is 10.0 Å². The first-order valence-corrected chi connectivity index (χ1v) is 8.52. The van der Waals surface area contributed by atoms with Crippen LogP contribution in [-0.2, 0) is 14.8 Å². The monoisotopic (exact) mass is 314 g/mol. The Morgan fingerprint density at radius 3 is 2.71 bits per heavy atom. The molecule has 0 saturated carbocycles. The van der Waals surface area contributed by atoms with Crippen molar-refractivity contribution in [1.82, 2.24) is 4.31 Å². The Labute approximate surface area is 125 Å². The van der Waals surface area contributed by atoms with Gasteiger partial charge in [0, 0.05) is 13.1 Å². The number of rotatable bonds is 6. The van der Waals surface area contributed by atoms with Crippen LogP contribution in [0.2, 0.25) is 0 Å². The number of nitrogens with two attached hydrogens (primary N) is 1. The molecule has 7 heteroatoms. The molecule has 0 aromatic heterocycles. The molecule has 1 saturated heterocycles. The second-order valence-electron chi connectivity index (χ2n) is 5.01. The van der Waals surface area contributed by atoms with Crippen LogP contribution in [0.4, 0.5) is 0 Å². The lowest BCUT2D eigenvalue weighted by molar-refractivity contribution is 0.0102. The first-order valence-electron chi connectivity index (χ1n) is 7.08. The van der Waals surface area contributed by atoms with Crippen LogP contribution >= 0.6 is 0 Å². The van der Waals surface area contributed by atoms with Gasteiger partial charge in [-0.25, -0.2) is 8.42 Å². The second kappa shape index (κ2) is 7.22. The molecule has 6 nitrogen and oxygen atoms in total. The average Bonchev–Trinajstić information content (AvgIpc) is 2.48. The van der Waals surface area contributed by atoms with Crippen LogP contribution in [0.1, 0.15) is 13.3 Å². The predicted octanol–water partition coefficient (Wildman–Crippen LogP) is 0.824. The van der Waals surface area contributed by atoms with Crippen LogP contribution in [0, 0.1) is 0 Å². The minimum Gasteiger partial charge on any atom is -0.494 e. The summed E-state index contributed by atoms with van der Waals surface area (Å²) < 4.78 is 37.3. The molecule has 0 radical (unpaired) electrons. The molecule has 0 spiro atoms. The highest BCUT2D eigenvalue weighted by atomic mass is 32.2. The lowest BCUT2D eigenvalue weighted by Gasteiger charge is -2.30. The average molecular weight is 314 g/mol. The Hall–Kier alpha value is -1.15. The Kier molecular flexibility index (Phi) is 5.58. The summed E-state index contributed by atoms with van der Waals surface area (Å²) in [6.45, 7) is 4.18. The molecule has 1 aliphatic rings. The quantitative estimate of drug-likeness (QED) is 0.786. The molecular weight excluding hydrogens is 292 g/mol. The van der Waals surface area contributed by atoms with Crippen molar-refractivity contribution in [3.63, 3.8) is 0 Å². The van der Waals surface area contributed by atoms with Crippen molar-refractivity contribution in [1.29, 1.82) is 0 Å². The van der Waals surface area contributed by atoms with Crippen LogP contribution < -0.4 is 10.5 Å². The maximum absolute atomic E-state index is 12.5. The molecule has 0 aliphatic carbocycles. The van der Waals surface area contributed by atoms with Crippen LogP contribution in [-0.4, -0.2) is 51.7 Å². The lowest BCUT2D eigenvalue weighted by Crippen LogP contribution is -2.44. The fraction of sp³-hybridized carbons (Fsp3) is 0.571. The summed E-state index contributed by atoms with van der Waals surface area (Å²) >= 11 is 0. The van der Waals surface area contributed by atoms with Gasteiger partial charge in [-0.1, -0.05) is 0 Å². The van der Waals surface area contributed by atoms with Crippen molar-refractivity contribution in [3.8, 4) is 5.75 Å². The van der Waals surface area contributed by atoms with E-state index in [1.165, 1.54) is 4.31 Å². The van der Waals surface area contributed by atoms with Gasteiger partial charge in [0.15, 0.2) is 0 Å². The van der Waals surface area contributed by atoms with Gasteiger partial charge in [0.1, 0.15) is 5.75 Å². The Morgan fingerprint density at radius 1 is 1.38 bits per heavy atom. The van der Waals surface area contributed by atoms with Crippen molar-refractivity contribution < 1.29 is 17.9 Å². The van der Waals surface area contributed by atoms with E-state index in [0.29, 0.717) is 38.6 Å². The summed E-state index contributed by atoms with van der Waals surface area (Å²) in [7, 11) is -3.46. The largest absolute Gasteiger partial charge is 0.494 e. The van der Waals surface area contributed by atoms with E-state index in [4.69, 9.17) is 15.2 Å². The molecular formula is C14H22N2O4S. The number of sulfonamides is 1. The van der Waals surface area contributed by atoms with E-state index in [1.54, 1.807) is 24.3 Å². The molecule has 1 unspecified atom stereocenters. The topological polar surface area (TPSA) is 81.9 Å². The summed E-state index contributed by atoms with van der Waals surface area (Å²) in [5, 5.41) is 0. The van der Waals surface area contributed by atoms with E-state index in [1.807, 2.05) is 6.92 Å². The molecule has 1 heterocycles. The number of hydrogen-bond acceptors (Lipinski definition) is 5. The van der Waals surface area contributed by atoms with Gasteiger partial charge in [-0.15, -0.1) is 0 Å². The molecule has 1 fully saturated rings. The van der Waals surface area contributed by atoms with Gasteiger partial charge >= 0.3 is 0 Å². The number of hydrogen-bond donors (Lipinski definition) is 1. The minimum absolute atomic E-state index is 0.0765. The van der Waals surface area contributed by atoms with E-state index in [-0.39, 0.29) is 11.0 Å². The van der Waals surface area contributed by atoms with Gasteiger partial charge in [0.05, 0.1) is 24.2 Å². The molecule has 118 valence electrons. The van der Waals surface area contributed by atoms with Gasteiger partial charge in [-0.3, -0.25) is 0 Å². The summed E-state index contributed by atoms with van der Waals surface area (Å²) in [6, 6.07) is 6.50. The number of nitrogens with zero attached hydrogens (tertiary/aromatic N) is 1. The molecule has 2 N–H and O–H groups in total.